The smallest absolute Gasteiger partial charge is 0.104 e. The molecule has 0 saturated heterocycles. The molecule has 1 aromatic heterocycles. The third-order valence-electron chi connectivity index (χ3n) is 2.91. The summed E-state index contributed by atoms with van der Waals surface area (Å²) < 4.78 is 5.54. The van der Waals surface area contributed by atoms with Crippen molar-refractivity contribution in [1.82, 2.24) is 9.97 Å². The molecule has 3 rings (SSSR count). The molecule has 78 valence electrons. The summed E-state index contributed by atoms with van der Waals surface area (Å²) in [6, 6.07) is 4.37. The Balaban J connectivity index is 2.19. The van der Waals surface area contributed by atoms with E-state index in [1.54, 1.807) is 0 Å². The molecule has 3 nitrogen and oxygen atoms in total. The summed E-state index contributed by atoms with van der Waals surface area (Å²) in [6.45, 7) is 3.60. The Bertz CT molecular complexity index is 459. The quantitative estimate of drug-likeness (QED) is 0.712. The zero-order valence-electron chi connectivity index (χ0n) is 8.84. The number of fused-ring (bicyclic) bond motifs is 2. The van der Waals surface area contributed by atoms with Crippen LogP contribution < -0.4 is 0 Å². The molecule has 0 unspecified atom stereocenters. The van der Waals surface area contributed by atoms with Gasteiger partial charge >= 0.3 is 0 Å². The van der Waals surface area contributed by atoms with Gasteiger partial charge in [-0.3, -0.25) is 0 Å². The molecular formula is C12H14N2O. The lowest BCUT2D eigenvalue weighted by atomic mass is 10.0. The first-order valence-corrected chi connectivity index (χ1v) is 5.39. The van der Waals surface area contributed by atoms with Crippen molar-refractivity contribution in [2.24, 2.45) is 0 Å². The van der Waals surface area contributed by atoms with Crippen molar-refractivity contribution >= 4 is 11.0 Å². The molecule has 0 bridgehead atoms. The van der Waals surface area contributed by atoms with E-state index in [4.69, 9.17) is 4.74 Å². The fourth-order valence-electron chi connectivity index (χ4n) is 2.19. The summed E-state index contributed by atoms with van der Waals surface area (Å²) in [5, 5.41) is 0. The van der Waals surface area contributed by atoms with E-state index in [1.165, 1.54) is 11.1 Å². The van der Waals surface area contributed by atoms with Gasteiger partial charge in [-0.1, -0.05) is 0 Å². The van der Waals surface area contributed by atoms with Gasteiger partial charge in [0.25, 0.3) is 0 Å². The van der Waals surface area contributed by atoms with Crippen molar-refractivity contribution in [2.45, 2.75) is 26.4 Å². The van der Waals surface area contributed by atoms with Crippen molar-refractivity contribution in [3.63, 3.8) is 0 Å². The monoisotopic (exact) mass is 202 g/mol. The van der Waals surface area contributed by atoms with Crippen LogP contribution in [0.25, 0.3) is 11.0 Å². The van der Waals surface area contributed by atoms with Crippen LogP contribution >= 0.6 is 0 Å². The maximum Gasteiger partial charge on any atom is 0.104 e. The van der Waals surface area contributed by atoms with Crippen molar-refractivity contribution in [1.29, 1.82) is 0 Å². The van der Waals surface area contributed by atoms with Crippen molar-refractivity contribution in [2.75, 3.05) is 6.61 Å². The predicted molar refractivity (Wildman–Crippen MR) is 58.8 cm³/mol. The topological polar surface area (TPSA) is 37.9 Å². The number of hydrogen-bond donors (Lipinski definition) is 1. The number of imidazole rings is 1. The first kappa shape index (κ1) is 8.92. The van der Waals surface area contributed by atoms with E-state index in [1.807, 2.05) is 6.92 Å². The van der Waals surface area contributed by atoms with Crippen molar-refractivity contribution < 1.29 is 4.74 Å². The number of H-pyrrole nitrogens is 1. The lowest BCUT2D eigenvalue weighted by Gasteiger charge is -2.03. The van der Waals surface area contributed by atoms with E-state index in [0.29, 0.717) is 0 Å². The number of ether oxygens (including phenoxy) is 1. The Labute approximate surface area is 88.5 Å². The summed E-state index contributed by atoms with van der Waals surface area (Å²) in [4.78, 5) is 7.72. The molecular weight excluding hydrogens is 188 g/mol. The lowest BCUT2D eigenvalue weighted by molar-refractivity contribution is 0.125. The molecule has 1 N–H and O–H groups in total. The Morgan fingerprint density at radius 1 is 1.33 bits per heavy atom. The molecule has 0 radical (unpaired) electrons. The van der Waals surface area contributed by atoms with Gasteiger partial charge in [0.05, 0.1) is 17.6 Å². The van der Waals surface area contributed by atoms with Crippen molar-refractivity contribution in [3.8, 4) is 0 Å². The zero-order valence-corrected chi connectivity index (χ0v) is 8.84. The van der Waals surface area contributed by atoms with E-state index in [2.05, 4.69) is 22.1 Å². The lowest BCUT2D eigenvalue weighted by Crippen LogP contribution is -1.91. The van der Waals surface area contributed by atoms with Crippen LogP contribution in [0.3, 0.4) is 0 Å². The molecule has 2 heterocycles. The molecule has 0 atom stereocenters. The first-order chi connectivity index (χ1) is 7.33. The molecule has 0 spiro atoms. The zero-order chi connectivity index (χ0) is 10.3. The van der Waals surface area contributed by atoms with Gasteiger partial charge < -0.3 is 9.72 Å². The van der Waals surface area contributed by atoms with Crippen LogP contribution in [-0.2, 0) is 17.8 Å². The number of aryl methyl sites for hydroxylation is 2. The summed E-state index contributed by atoms with van der Waals surface area (Å²) in [5.41, 5.74) is 4.90. The third kappa shape index (κ3) is 1.53. The van der Waals surface area contributed by atoms with E-state index in [0.717, 1.165) is 42.9 Å². The van der Waals surface area contributed by atoms with Gasteiger partial charge in [-0.2, -0.15) is 0 Å². The molecule has 0 saturated carbocycles. The molecule has 3 heteroatoms. The van der Waals surface area contributed by atoms with Crippen LogP contribution in [0.5, 0.6) is 0 Å². The number of benzene rings is 1. The minimum atomic E-state index is 0.739. The van der Waals surface area contributed by atoms with Gasteiger partial charge in [0.1, 0.15) is 5.82 Å². The van der Waals surface area contributed by atoms with Crippen LogP contribution in [-0.4, -0.2) is 16.6 Å². The standard InChI is InChI=1S/C12H14N2O/c1-8-13-11-5-9-3-2-4-15-7-10(9)6-12(11)14-8/h5-6H,2-4,7H2,1H3,(H,13,14). The fourth-order valence-corrected chi connectivity index (χ4v) is 2.19. The van der Waals surface area contributed by atoms with E-state index in [-0.39, 0.29) is 0 Å². The van der Waals surface area contributed by atoms with E-state index >= 15 is 0 Å². The molecule has 0 fully saturated rings. The third-order valence-corrected chi connectivity index (χ3v) is 2.91. The highest BCUT2D eigenvalue weighted by Gasteiger charge is 2.10. The minimum absolute atomic E-state index is 0.739. The maximum absolute atomic E-state index is 5.54. The molecule has 1 aliphatic heterocycles. The van der Waals surface area contributed by atoms with Gasteiger partial charge in [-0.15, -0.1) is 0 Å². The molecule has 2 aromatic rings. The normalized spacial score (nSPS) is 16.3. The number of rotatable bonds is 0. The second-order valence-electron chi connectivity index (χ2n) is 4.12. The molecule has 1 aromatic carbocycles. The van der Waals surface area contributed by atoms with Crippen molar-refractivity contribution in [3.05, 3.63) is 29.1 Å². The van der Waals surface area contributed by atoms with Crippen LogP contribution in [0.2, 0.25) is 0 Å². The second-order valence-corrected chi connectivity index (χ2v) is 4.12. The predicted octanol–water partition coefficient (Wildman–Crippen LogP) is 2.33. The van der Waals surface area contributed by atoms with Crippen LogP contribution in [0.1, 0.15) is 23.4 Å². The van der Waals surface area contributed by atoms with Crippen LogP contribution in [0.4, 0.5) is 0 Å². The minimum Gasteiger partial charge on any atom is -0.377 e. The summed E-state index contributed by atoms with van der Waals surface area (Å²) in [6.07, 6.45) is 2.22. The second kappa shape index (κ2) is 3.35. The van der Waals surface area contributed by atoms with Gasteiger partial charge in [0.15, 0.2) is 0 Å². The van der Waals surface area contributed by atoms with Gasteiger partial charge in [0.2, 0.25) is 0 Å². The highest BCUT2D eigenvalue weighted by Crippen LogP contribution is 2.22. The number of aromatic nitrogens is 2. The van der Waals surface area contributed by atoms with Crippen LogP contribution in [0.15, 0.2) is 12.1 Å². The highest BCUT2D eigenvalue weighted by molar-refractivity contribution is 5.77. The summed E-state index contributed by atoms with van der Waals surface area (Å²) in [5.74, 6) is 0.978. The average molecular weight is 202 g/mol. The average Bonchev–Trinajstić information content (AvgIpc) is 2.44. The molecule has 1 aliphatic rings. The van der Waals surface area contributed by atoms with E-state index in [9.17, 15) is 0 Å². The molecule has 15 heavy (non-hydrogen) atoms. The fraction of sp³-hybridized carbons (Fsp3) is 0.417. The Morgan fingerprint density at radius 3 is 3.20 bits per heavy atom. The van der Waals surface area contributed by atoms with Crippen LogP contribution in [0, 0.1) is 6.92 Å². The summed E-state index contributed by atoms with van der Waals surface area (Å²) in [7, 11) is 0. The molecule has 0 amide bonds. The number of nitrogens with zero attached hydrogens (tertiary/aromatic N) is 1. The number of nitrogens with one attached hydrogen (secondary N) is 1. The SMILES string of the molecule is Cc1nc2cc3c(cc2[nH]1)COCCC3. The van der Waals surface area contributed by atoms with Gasteiger partial charge in [-0.05, 0) is 43.0 Å². The van der Waals surface area contributed by atoms with Gasteiger partial charge in [-0.25, -0.2) is 4.98 Å². The largest absolute Gasteiger partial charge is 0.377 e. The molecule has 0 aliphatic carbocycles. The Hall–Kier alpha value is -1.35. The van der Waals surface area contributed by atoms with Gasteiger partial charge in [0, 0.05) is 6.61 Å². The van der Waals surface area contributed by atoms with E-state index < -0.39 is 0 Å². The first-order valence-electron chi connectivity index (χ1n) is 5.39. The summed E-state index contributed by atoms with van der Waals surface area (Å²) >= 11 is 0. The number of hydrogen-bond acceptors (Lipinski definition) is 2. The highest BCUT2D eigenvalue weighted by atomic mass is 16.5. The maximum atomic E-state index is 5.54. The number of aromatic amines is 1. The Morgan fingerprint density at radius 2 is 2.27 bits per heavy atom. The Kier molecular flexibility index (Phi) is 1.99.